The van der Waals surface area contributed by atoms with Gasteiger partial charge in [-0.1, -0.05) is 70.3 Å². The van der Waals surface area contributed by atoms with E-state index in [1.807, 2.05) is 6.07 Å². The molecule has 198 valence electrons. The topological polar surface area (TPSA) is 45.3 Å². The molecular weight excluding hydrogens is 444 g/mol. The number of aromatic nitrogens is 1. The third kappa shape index (κ3) is 8.28. The number of amides is 1. The van der Waals surface area contributed by atoms with Crippen molar-refractivity contribution in [2.45, 2.75) is 103 Å². The molecule has 2 heterocycles. The summed E-state index contributed by atoms with van der Waals surface area (Å²) >= 11 is 0. The molecule has 1 aliphatic heterocycles. The number of nitrogens with one attached hydrogen (secondary N) is 1. The van der Waals surface area contributed by atoms with Crippen LogP contribution in [0.4, 0.5) is 0 Å². The van der Waals surface area contributed by atoms with Gasteiger partial charge in [0.05, 0.1) is 7.11 Å². The van der Waals surface area contributed by atoms with Crippen molar-refractivity contribution < 1.29 is 9.53 Å². The fraction of sp³-hybridized carbons (Fsp3) is 0.594. The molecule has 0 spiro atoms. The zero-order chi connectivity index (χ0) is 25.6. The van der Waals surface area contributed by atoms with Crippen molar-refractivity contribution in [1.82, 2.24) is 9.88 Å². The third-order valence-corrected chi connectivity index (χ3v) is 7.71. The molecular formula is C32H48N2O2. The van der Waals surface area contributed by atoms with Crippen LogP contribution in [0.1, 0.15) is 103 Å². The lowest BCUT2D eigenvalue weighted by atomic mass is 9.81. The van der Waals surface area contributed by atoms with E-state index < -0.39 is 0 Å². The highest BCUT2D eigenvalue weighted by Crippen LogP contribution is 2.39. The number of nitrogens with zero attached hydrogens (tertiary/aromatic N) is 1. The molecule has 1 aromatic carbocycles. The van der Waals surface area contributed by atoms with E-state index in [4.69, 9.17) is 4.74 Å². The first-order valence-corrected chi connectivity index (χ1v) is 14.3. The van der Waals surface area contributed by atoms with Gasteiger partial charge in [0.2, 0.25) is 5.91 Å². The van der Waals surface area contributed by atoms with Crippen molar-refractivity contribution in [2.24, 2.45) is 0 Å². The Kier molecular flexibility index (Phi) is 11.6. The summed E-state index contributed by atoms with van der Waals surface area (Å²) in [6.07, 6.45) is 26.4. The smallest absolute Gasteiger partial charge is 0.222 e. The van der Waals surface area contributed by atoms with E-state index in [-0.39, 0.29) is 5.41 Å². The summed E-state index contributed by atoms with van der Waals surface area (Å²) in [6, 6.07) is 6.17. The Balaban J connectivity index is 1.28. The molecule has 1 amide bonds. The van der Waals surface area contributed by atoms with Gasteiger partial charge in [0, 0.05) is 42.0 Å². The Hall–Kier alpha value is -2.49. The van der Waals surface area contributed by atoms with Gasteiger partial charge in [-0.15, -0.1) is 0 Å². The van der Waals surface area contributed by atoms with Gasteiger partial charge in [-0.2, -0.15) is 0 Å². The standard InChI is InChI=1S/C32H48N2O2/c1-4-5-6-7-8-9-10-11-12-13-14-15-16-17-18-19-31(35)34-23-22-32(2,26-34)29-25-33-30-21-20-27(36-3)24-28(29)30/h8-9,11-12,20-21,24-25,33H,4-7,10,13-19,22-23,26H2,1-3H3/b9-8-,12-11-/t32-/m0/s1. The third-order valence-electron chi connectivity index (χ3n) is 7.71. The predicted octanol–water partition coefficient (Wildman–Crippen LogP) is 8.48. The highest BCUT2D eigenvalue weighted by atomic mass is 16.5. The summed E-state index contributed by atoms with van der Waals surface area (Å²) in [4.78, 5) is 18.4. The molecule has 1 aromatic heterocycles. The molecule has 4 heteroatoms. The van der Waals surface area contributed by atoms with Crippen LogP contribution in [0.5, 0.6) is 5.75 Å². The summed E-state index contributed by atoms with van der Waals surface area (Å²) < 4.78 is 5.44. The molecule has 36 heavy (non-hydrogen) atoms. The average Bonchev–Trinajstić information content (AvgIpc) is 3.50. The minimum Gasteiger partial charge on any atom is -0.497 e. The molecule has 0 aliphatic carbocycles. The molecule has 3 rings (SSSR count). The van der Waals surface area contributed by atoms with Crippen molar-refractivity contribution in [3.63, 3.8) is 0 Å². The van der Waals surface area contributed by atoms with Crippen LogP contribution in [0.25, 0.3) is 10.9 Å². The zero-order valence-corrected chi connectivity index (χ0v) is 23.0. The normalized spacial score (nSPS) is 18.2. The lowest BCUT2D eigenvalue weighted by Gasteiger charge is -2.24. The Labute approximate surface area is 219 Å². The second kappa shape index (κ2) is 14.9. The second-order valence-corrected chi connectivity index (χ2v) is 10.7. The van der Waals surface area contributed by atoms with E-state index in [0.717, 1.165) is 50.0 Å². The summed E-state index contributed by atoms with van der Waals surface area (Å²) in [6.45, 7) is 6.20. The van der Waals surface area contributed by atoms with E-state index >= 15 is 0 Å². The number of H-pyrrole nitrogens is 1. The molecule has 1 aliphatic rings. The van der Waals surface area contributed by atoms with Crippen molar-refractivity contribution in [1.29, 1.82) is 0 Å². The average molecular weight is 493 g/mol. The molecule has 2 aromatic rings. The van der Waals surface area contributed by atoms with Crippen LogP contribution < -0.4 is 4.74 Å². The van der Waals surface area contributed by atoms with E-state index in [0.29, 0.717) is 12.3 Å². The predicted molar refractivity (Wildman–Crippen MR) is 153 cm³/mol. The first-order valence-electron chi connectivity index (χ1n) is 14.3. The molecule has 4 nitrogen and oxygen atoms in total. The number of hydrogen-bond donors (Lipinski definition) is 1. The molecule has 1 fully saturated rings. The Bertz CT molecular complexity index is 989. The Morgan fingerprint density at radius 3 is 2.50 bits per heavy atom. The van der Waals surface area contributed by atoms with Crippen molar-refractivity contribution in [2.75, 3.05) is 20.2 Å². The van der Waals surface area contributed by atoms with Crippen LogP contribution in [0, 0.1) is 0 Å². The summed E-state index contributed by atoms with van der Waals surface area (Å²) in [5.41, 5.74) is 2.41. The van der Waals surface area contributed by atoms with Crippen LogP contribution >= 0.6 is 0 Å². The molecule has 0 unspecified atom stereocenters. The number of unbranched alkanes of at least 4 members (excludes halogenated alkanes) is 8. The fourth-order valence-electron chi connectivity index (χ4n) is 5.37. The first kappa shape index (κ1) is 28.1. The number of carbonyl (C=O) groups is 1. The zero-order valence-electron chi connectivity index (χ0n) is 23.0. The van der Waals surface area contributed by atoms with Gasteiger partial charge in [0.25, 0.3) is 0 Å². The maximum Gasteiger partial charge on any atom is 0.222 e. The molecule has 0 bridgehead atoms. The number of ether oxygens (including phenoxy) is 1. The van der Waals surface area contributed by atoms with Gasteiger partial charge < -0.3 is 14.6 Å². The van der Waals surface area contributed by atoms with Crippen molar-refractivity contribution in [3.05, 3.63) is 54.3 Å². The number of likely N-dealkylation sites (tertiary alicyclic amines) is 1. The molecule has 1 atom stereocenters. The number of carbonyl (C=O) groups excluding carboxylic acids is 1. The number of allylic oxidation sites excluding steroid dienone is 4. The van der Waals surface area contributed by atoms with E-state index in [2.05, 4.69) is 66.4 Å². The Morgan fingerprint density at radius 1 is 1.03 bits per heavy atom. The number of hydrogen-bond acceptors (Lipinski definition) is 2. The highest BCUT2D eigenvalue weighted by Gasteiger charge is 2.38. The van der Waals surface area contributed by atoms with Crippen molar-refractivity contribution in [3.8, 4) is 5.75 Å². The monoisotopic (exact) mass is 492 g/mol. The number of rotatable bonds is 16. The lowest BCUT2D eigenvalue weighted by Crippen LogP contribution is -2.32. The summed E-state index contributed by atoms with van der Waals surface area (Å²) in [7, 11) is 1.71. The van der Waals surface area contributed by atoms with Crippen LogP contribution in [-0.4, -0.2) is 36.0 Å². The van der Waals surface area contributed by atoms with Gasteiger partial charge in [-0.05, 0) is 68.7 Å². The van der Waals surface area contributed by atoms with E-state index in [9.17, 15) is 4.79 Å². The number of fused-ring (bicyclic) bond motifs is 1. The van der Waals surface area contributed by atoms with Gasteiger partial charge in [0.15, 0.2) is 0 Å². The molecule has 1 N–H and O–H groups in total. The lowest BCUT2D eigenvalue weighted by molar-refractivity contribution is -0.130. The number of benzene rings is 1. The summed E-state index contributed by atoms with van der Waals surface area (Å²) in [5.74, 6) is 1.20. The number of methoxy groups -OCH3 is 1. The van der Waals surface area contributed by atoms with Crippen LogP contribution in [0.15, 0.2) is 48.7 Å². The van der Waals surface area contributed by atoms with Gasteiger partial charge in [-0.25, -0.2) is 0 Å². The van der Waals surface area contributed by atoms with Crippen molar-refractivity contribution >= 4 is 16.8 Å². The van der Waals surface area contributed by atoms with E-state index in [1.165, 1.54) is 62.3 Å². The SMILES string of the molecule is CCCCC/C=C\C/C=C\CCCCCCCC(=O)N1CC[C@](C)(c2c[nH]c3ccc(OC)cc23)C1. The quantitative estimate of drug-likeness (QED) is 0.189. The maximum absolute atomic E-state index is 12.9. The minimum absolute atomic E-state index is 0.0152. The molecule has 0 radical (unpaired) electrons. The van der Waals surface area contributed by atoms with E-state index in [1.54, 1.807) is 7.11 Å². The largest absolute Gasteiger partial charge is 0.497 e. The van der Waals surface area contributed by atoms with Gasteiger partial charge >= 0.3 is 0 Å². The summed E-state index contributed by atoms with van der Waals surface area (Å²) in [5, 5.41) is 1.21. The molecule has 0 saturated carbocycles. The minimum atomic E-state index is -0.0152. The first-order chi connectivity index (χ1) is 17.6. The van der Waals surface area contributed by atoms with Crippen LogP contribution in [0.3, 0.4) is 0 Å². The molecule has 1 saturated heterocycles. The van der Waals surface area contributed by atoms with Crippen LogP contribution in [-0.2, 0) is 10.2 Å². The van der Waals surface area contributed by atoms with Crippen LogP contribution in [0.2, 0.25) is 0 Å². The van der Waals surface area contributed by atoms with Gasteiger partial charge in [-0.3, -0.25) is 4.79 Å². The van der Waals surface area contributed by atoms with Gasteiger partial charge in [0.1, 0.15) is 5.75 Å². The second-order valence-electron chi connectivity index (χ2n) is 10.7. The fourth-order valence-corrected chi connectivity index (χ4v) is 5.37. The number of aromatic amines is 1. The Morgan fingerprint density at radius 2 is 1.75 bits per heavy atom. The highest BCUT2D eigenvalue weighted by molar-refractivity contribution is 5.86. The maximum atomic E-state index is 12.9.